The number of nitrogens with one attached hydrogen (secondary N) is 1. The monoisotopic (exact) mass is 446 g/mol. The minimum atomic E-state index is -0.246. The molecule has 0 bridgehead atoms. The fourth-order valence-electron chi connectivity index (χ4n) is 3.51. The van der Waals surface area contributed by atoms with E-state index in [0.29, 0.717) is 17.9 Å². The fourth-order valence-corrected chi connectivity index (χ4v) is 3.51. The van der Waals surface area contributed by atoms with E-state index in [1.165, 1.54) is 0 Å². The van der Waals surface area contributed by atoms with Gasteiger partial charge < -0.3 is 10.2 Å². The highest BCUT2D eigenvalue weighted by atomic mass is 16.2. The topological polar surface area (TPSA) is 67.2 Å². The molecule has 0 saturated heterocycles. The number of hydrogen-bond acceptors (Lipinski definition) is 3. The molecule has 1 heterocycles. The Balaban J connectivity index is 1.85. The summed E-state index contributed by atoms with van der Waals surface area (Å²) in [4.78, 5) is 27.7. The first-order valence-corrected chi connectivity index (χ1v) is 11.5. The van der Waals surface area contributed by atoms with Gasteiger partial charge in [-0.3, -0.25) is 9.59 Å². The van der Waals surface area contributed by atoms with Crippen LogP contribution in [-0.2, 0) is 10.2 Å². The summed E-state index contributed by atoms with van der Waals surface area (Å²) in [6, 6.07) is 19.0. The predicted octanol–water partition coefficient (Wildman–Crippen LogP) is 5.36. The Hall–Kier alpha value is -3.41. The molecular weight excluding hydrogens is 412 g/mol. The van der Waals surface area contributed by atoms with E-state index in [0.717, 1.165) is 29.8 Å². The van der Waals surface area contributed by atoms with Gasteiger partial charge in [0.1, 0.15) is 12.4 Å². The van der Waals surface area contributed by atoms with Crippen molar-refractivity contribution in [3.05, 3.63) is 77.5 Å². The van der Waals surface area contributed by atoms with Crippen molar-refractivity contribution >= 4 is 17.6 Å². The second-order valence-electron chi connectivity index (χ2n) is 9.41. The van der Waals surface area contributed by atoms with Gasteiger partial charge in [-0.15, -0.1) is 0 Å². The number of carbonyl (C=O) groups is 2. The molecule has 3 rings (SSSR count). The summed E-state index contributed by atoms with van der Waals surface area (Å²) in [5.74, 6) is 0.213. The average Bonchev–Trinajstić information content (AvgIpc) is 3.21. The van der Waals surface area contributed by atoms with Crippen LogP contribution in [0.5, 0.6) is 0 Å². The lowest BCUT2D eigenvalue weighted by molar-refractivity contribution is -0.116. The summed E-state index contributed by atoms with van der Waals surface area (Å²) in [5.41, 5.74) is 3.27. The first-order valence-electron chi connectivity index (χ1n) is 11.5. The maximum atomic E-state index is 13.1. The molecular formula is C27H34N4O2. The van der Waals surface area contributed by atoms with Crippen molar-refractivity contribution in [1.29, 1.82) is 0 Å². The SMILES string of the molecule is CCCCN(CC(=O)Nc1cc(C(C)(C)C)nn1-c1cccc(C)c1)C(=O)c1ccccc1. The normalized spacial score (nSPS) is 11.3. The van der Waals surface area contributed by atoms with Crippen LogP contribution in [0, 0.1) is 6.92 Å². The highest BCUT2D eigenvalue weighted by Gasteiger charge is 2.23. The fraction of sp³-hybridized carbons (Fsp3) is 0.370. The van der Waals surface area contributed by atoms with Crippen LogP contribution in [0.3, 0.4) is 0 Å². The van der Waals surface area contributed by atoms with Gasteiger partial charge in [0.15, 0.2) is 0 Å². The minimum Gasteiger partial charge on any atom is -0.329 e. The number of rotatable bonds is 8. The Labute approximate surface area is 196 Å². The molecule has 0 saturated carbocycles. The Morgan fingerprint density at radius 2 is 1.76 bits per heavy atom. The van der Waals surface area contributed by atoms with Gasteiger partial charge in [-0.1, -0.05) is 64.4 Å². The summed E-state index contributed by atoms with van der Waals surface area (Å²) in [6.07, 6.45) is 1.77. The smallest absolute Gasteiger partial charge is 0.254 e. The van der Waals surface area contributed by atoms with Crippen LogP contribution in [0.2, 0.25) is 0 Å². The van der Waals surface area contributed by atoms with Crippen molar-refractivity contribution in [3.8, 4) is 5.69 Å². The number of amides is 2. The number of nitrogens with zero attached hydrogens (tertiary/aromatic N) is 3. The number of hydrogen-bond donors (Lipinski definition) is 1. The first kappa shape index (κ1) is 24.2. The molecule has 0 atom stereocenters. The van der Waals surface area contributed by atoms with Crippen LogP contribution < -0.4 is 5.32 Å². The second-order valence-corrected chi connectivity index (χ2v) is 9.41. The Morgan fingerprint density at radius 3 is 2.39 bits per heavy atom. The molecule has 6 nitrogen and oxygen atoms in total. The molecule has 2 aromatic carbocycles. The molecule has 1 aromatic heterocycles. The number of aryl methyl sites for hydroxylation is 1. The molecule has 6 heteroatoms. The van der Waals surface area contributed by atoms with Gasteiger partial charge in [0.2, 0.25) is 5.91 Å². The number of unbranched alkanes of at least 4 members (excludes halogenated alkanes) is 1. The molecule has 174 valence electrons. The van der Waals surface area contributed by atoms with Gasteiger partial charge in [0, 0.05) is 23.6 Å². The van der Waals surface area contributed by atoms with Crippen LogP contribution in [0.4, 0.5) is 5.82 Å². The zero-order chi connectivity index (χ0) is 24.0. The van der Waals surface area contributed by atoms with Gasteiger partial charge >= 0.3 is 0 Å². The Kier molecular flexibility index (Phi) is 7.69. The molecule has 0 fully saturated rings. The van der Waals surface area contributed by atoms with E-state index in [-0.39, 0.29) is 23.8 Å². The van der Waals surface area contributed by atoms with Gasteiger partial charge in [-0.05, 0) is 43.2 Å². The predicted molar refractivity (Wildman–Crippen MR) is 133 cm³/mol. The van der Waals surface area contributed by atoms with E-state index in [4.69, 9.17) is 5.10 Å². The van der Waals surface area contributed by atoms with Gasteiger partial charge in [-0.25, -0.2) is 4.68 Å². The van der Waals surface area contributed by atoms with Crippen LogP contribution >= 0.6 is 0 Å². The van der Waals surface area contributed by atoms with Crippen LogP contribution in [0.15, 0.2) is 60.7 Å². The zero-order valence-corrected chi connectivity index (χ0v) is 20.3. The molecule has 33 heavy (non-hydrogen) atoms. The lowest BCUT2D eigenvalue weighted by Crippen LogP contribution is -2.38. The lowest BCUT2D eigenvalue weighted by Gasteiger charge is -2.22. The van der Waals surface area contributed by atoms with Crippen molar-refractivity contribution in [2.24, 2.45) is 0 Å². The van der Waals surface area contributed by atoms with Crippen molar-refractivity contribution < 1.29 is 9.59 Å². The minimum absolute atomic E-state index is 0.0163. The summed E-state index contributed by atoms with van der Waals surface area (Å²) >= 11 is 0. The highest BCUT2D eigenvalue weighted by molar-refractivity contribution is 5.99. The molecule has 0 spiro atoms. The number of aromatic nitrogens is 2. The molecule has 0 unspecified atom stereocenters. The van der Waals surface area contributed by atoms with E-state index < -0.39 is 0 Å². The standard InChI is InChI=1S/C27H34N4O2/c1-6-7-16-30(26(33)21-13-9-8-10-14-21)19-25(32)28-24-18-23(27(3,4)5)29-31(24)22-15-11-12-20(2)17-22/h8-15,17-18H,6-7,16,19H2,1-5H3,(H,28,32). The molecule has 0 aliphatic rings. The molecule has 1 N–H and O–H groups in total. The van der Waals surface area contributed by atoms with Crippen LogP contribution in [0.25, 0.3) is 5.69 Å². The Morgan fingerprint density at radius 1 is 1.03 bits per heavy atom. The third-order valence-electron chi connectivity index (χ3n) is 5.42. The molecule has 3 aromatic rings. The maximum Gasteiger partial charge on any atom is 0.254 e. The summed E-state index contributed by atoms with van der Waals surface area (Å²) in [7, 11) is 0. The van der Waals surface area contributed by atoms with Crippen molar-refractivity contribution in [2.45, 2.75) is 52.9 Å². The quantitative estimate of drug-likeness (QED) is 0.507. The van der Waals surface area contributed by atoms with Gasteiger partial charge in [0.25, 0.3) is 5.91 Å². The van der Waals surface area contributed by atoms with E-state index in [1.54, 1.807) is 21.7 Å². The molecule has 0 aliphatic heterocycles. The zero-order valence-electron chi connectivity index (χ0n) is 20.3. The van der Waals surface area contributed by atoms with E-state index in [2.05, 4.69) is 33.0 Å². The highest BCUT2D eigenvalue weighted by Crippen LogP contribution is 2.26. The first-order chi connectivity index (χ1) is 15.7. The van der Waals surface area contributed by atoms with Crippen molar-refractivity contribution in [3.63, 3.8) is 0 Å². The third kappa shape index (κ3) is 6.31. The number of anilines is 1. The van der Waals surface area contributed by atoms with Crippen molar-refractivity contribution in [2.75, 3.05) is 18.4 Å². The van der Waals surface area contributed by atoms with Gasteiger partial charge in [-0.2, -0.15) is 5.10 Å². The average molecular weight is 447 g/mol. The van der Waals surface area contributed by atoms with E-state index in [1.807, 2.05) is 55.5 Å². The largest absolute Gasteiger partial charge is 0.329 e. The number of carbonyl (C=O) groups excluding carboxylic acids is 2. The summed E-state index contributed by atoms with van der Waals surface area (Å²) in [6.45, 7) is 10.9. The molecule has 2 amide bonds. The lowest BCUT2D eigenvalue weighted by atomic mass is 9.92. The number of benzene rings is 2. The molecule has 0 radical (unpaired) electrons. The summed E-state index contributed by atoms with van der Waals surface area (Å²) < 4.78 is 1.76. The van der Waals surface area contributed by atoms with E-state index >= 15 is 0 Å². The molecule has 0 aliphatic carbocycles. The second kappa shape index (κ2) is 10.5. The maximum absolute atomic E-state index is 13.1. The van der Waals surface area contributed by atoms with E-state index in [9.17, 15) is 9.59 Å². The van der Waals surface area contributed by atoms with Gasteiger partial charge in [0.05, 0.1) is 11.4 Å². The van der Waals surface area contributed by atoms with Crippen molar-refractivity contribution in [1.82, 2.24) is 14.7 Å². The third-order valence-corrected chi connectivity index (χ3v) is 5.42. The Bertz CT molecular complexity index is 1100. The summed E-state index contributed by atoms with van der Waals surface area (Å²) in [5, 5.41) is 7.78. The van der Waals surface area contributed by atoms with Crippen LogP contribution in [0.1, 0.15) is 62.2 Å². The van der Waals surface area contributed by atoms with Crippen LogP contribution in [-0.4, -0.2) is 39.6 Å².